The average molecular weight is 244 g/mol. The Labute approximate surface area is 99.0 Å². The molecule has 5 heteroatoms. The first-order valence-corrected chi connectivity index (χ1v) is 5.16. The zero-order valence-electron chi connectivity index (χ0n) is 9.16. The summed E-state index contributed by atoms with van der Waals surface area (Å²) in [6, 6.07) is 3.31. The number of nitrogens with two attached hydrogens (primary N) is 1. The van der Waals surface area contributed by atoms with Crippen molar-refractivity contribution >= 4 is 17.6 Å². The van der Waals surface area contributed by atoms with Crippen LogP contribution in [0.2, 0.25) is 5.02 Å². The van der Waals surface area contributed by atoms with E-state index in [2.05, 4.69) is 0 Å². The lowest BCUT2D eigenvalue weighted by Gasteiger charge is -2.15. The summed E-state index contributed by atoms with van der Waals surface area (Å²) < 4.78 is 5.12. The van der Waals surface area contributed by atoms with Gasteiger partial charge in [0.15, 0.2) is 0 Å². The summed E-state index contributed by atoms with van der Waals surface area (Å²) in [5, 5.41) is 9.40. The SMILES string of the molecule is COc1cc(C(CN)C(=O)O)c(Cl)cc1C. The molecule has 0 saturated heterocycles. The fraction of sp³-hybridized carbons (Fsp3) is 0.364. The lowest BCUT2D eigenvalue weighted by molar-refractivity contribution is -0.138. The van der Waals surface area contributed by atoms with Crippen LogP contribution in [0.25, 0.3) is 0 Å². The van der Waals surface area contributed by atoms with Crippen LogP contribution in [0.5, 0.6) is 5.75 Å². The Balaban J connectivity index is 3.26. The van der Waals surface area contributed by atoms with Gasteiger partial charge in [0.25, 0.3) is 0 Å². The second kappa shape index (κ2) is 5.18. The first-order chi connectivity index (χ1) is 7.51. The molecule has 0 radical (unpaired) electrons. The highest BCUT2D eigenvalue weighted by molar-refractivity contribution is 6.31. The molecule has 0 fully saturated rings. The van der Waals surface area contributed by atoms with Crippen LogP contribution in [-0.4, -0.2) is 24.7 Å². The minimum atomic E-state index is -0.990. The molecule has 1 rings (SSSR count). The quantitative estimate of drug-likeness (QED) is 0.846. The molecular formula is C11H14ClNO3. The molecule has 1 aromatic rings. The van der Waals surface area contributed by atoms with Crippen molar-refractivity contribution in [2.24, 2.45) is 5.73 Å². The Morgan fingerprint density at radius 3 is 2.69 bits per heavy atom. The molecule has 0 aliphatic heterocycles. The van der Waals surface area contributed by atoms with Crippen LogP contribution in [0.15, 0.2) is 12.1 Å². The van der Waals surface area contributed by atoms with Crippen LogP contribution < -0.4 is 10.5 Å². The fourth-order valence-electron chi connectivity index (χ4n) is 1.52. The summed E-state index contributed by atoms with van der Waals surface area (Å²) >= 11 is 6.00. The first-order valence-electron chi connectivity index (χ1n) is 4.78. The van der Waals surface area contributed by atoms with Gasteiger partial charge in [-0.15, -0.1) is 0 Å². The van der Waals surface area contributed by atoms with E-state index in [1.807, 2.05) is 6.92 Å². The van der Waals surface area contributed by atoms with Gasteiger partial charge in [0.1, 0.15) is 5.75 Å². The largest absolute Gasteiger partial charge is 0.496 e. The Morgan fingerprint density at radius 1 is 1.62 bits per heavy atom. The summed E-state index contributed by atoms with van der Waals surface area (Å²) in [5.74, 6) is -1.18. The molecule has 4 nitrogen and oxygen atoms in total. The topological polar surface area (TPSA) is 72.5 Å². The Bertz CT molecular complexity index is 406. The van der Waals surface area contributed by atoms with Crippen molar-refractivity contribution in [3.63, 3.8) is 0 Å². The number of benzene rings is 1. The minimum absolute atomic E-state index is 0.00126. The van der Waals surface area contributed by atoms with E-state index < -0.39 is 11.9 Å². The van der Waals surface area contributed by atoms with Crippen molar-refractivity contribution in [1.29, 1.82) is 0 Å². The summed E-state index contributed by atoms with van der Waals surface area (Å²) in [6.07, 6.45) is 0. The molecule has 16 heavy (non-hydrogen) atoms. The normalized spacial score (nSPS) is 12.2. The number of carbonyl (C=O) groups is 1. The lowest BCUT2D eigenvalue weighted by Crippen LogP contribution is -2.21. The van der Waals surface area contributed by atoms with Gasteiger partial charge in [-0.2, -0.15) is 0 Å². The molecule has 0 heterocycles. The van der Waals surface area contributed by atoms with Gasteiger partial charge in [0.05, 0.1) is 13.0 Å². The third-order valence-electron chi connectivity index (χ3n) is 2.42. The third-order valence-corrected chi connectivity index (χ3v) is 2.75. The van der Waals surface area contributed by atoms with Gasteiger partial charge >= 0.3 is 5.97 Å². The highest BCUT2D eigenvalue weighted by Crippen LogP contribution is 2.31. The van der Waals surface area contributed by atoms with Crippen LogP contribution in [0.3, 0.4) is 0 Å². The van der Waals surface area contributed by atoms with E-state index in [1.165, 1.54) is 7.11 Å². The number of aryl methyl sites for hydroxylation is 1. The van der Waals surface area contributed by atoms with Crippen LogP contribution in [0.4, 0.5) is 0 Å². The second-order valence-electron chi connectivity index (χ2n) is 3.47. The van der Waals surface area contributed by atoms with Crippen molar-refractivity contribution in [3.05, 3.63) is 28.3 Å². The number of hydrogen-bond donors (Lipinski definition) is 2. The molecule has 0 amide bonds. The lowest BCUT2D eigenvalue weighted by atomic mass is 9.97. The van der Waals surface area contributed by atoms with Gasteiger partial charge in [0.2, 0.25) is 0 Å². The van der Waals surface area contributed by atoms with E-state index in [0.29, 0.717) is 16.3 Å². The molecular weight excluding hydrogens is 230 g/mol. The molecule has 1 unspecified atom stereocenters. The Hall–Kier alpha value is -1.26. The third kappa shape index (κ3) is 2.46. The van der Waals surface area contributed by atoms with Gasteiger partial charge in [-0.3, -0.25) is 4.79 Å². The van der Waals surface area contributed by atoms with E-state index in [1.54, 1.807) is 12.1 Å². The molecule has 1 aromatic carbocycles. The minimum Gasteiger partial charge on any atom is -0.496 e. The molecule has 0 saturated carbocycles. The smallest absolute Gasteiger partial charge is 0.312 e. The van der Waals surface area contributed by atoms with E-state index >= 15 is 0 Å². The van der Waals surface area contributed by atoms with Crippen molar-refractivity contribution < 1.29 is 14.6 Å². The zero-order valence-corrected chi connectivity index (χ0v) is 9.91. The van der Waals surface area contributed by atoms with Gasteiger partial charge in [-0.05, 0) is 30.2 Å². The van der Waals surface area contributed by atoms with Crippen LogP contribution in [-0.2, 0) is 4.79 Å². The molecule has 1 atom stereocenters. The van der Waals surface area contributed by atoms with Gasteiger partial charge in [-0.1, -0.05) is 11.6 Å². The molecule has 0 aromatic heterocycles. The van der Waals surface area contributed by atoms with E-state index in [-0.39, 0.29) is 6.54 Å². The monoisotopic (exact) mass is 243 g/mol. The highest BCUT2D eigenvalue weighted by atomic mass is 35.5. The number of halogens is 1. The van der Waals surface area contributed by atoms with Crippen LogP contribution in [0.1, 0.15) is 17.0 Å². The standard InChI is InChI=1S/C11H14ClNO3/c1-6-3-9(12)7(4-10(6)16-2)8(5-13)11(14)15/h3-4,8H,5,13H2,1-2H3,(H,14,15). The predicted octanol–water partition coefficient (Wildman–Crippen LogP) is 1.78. The number of hydrogen-bond acceptors (Lipinski definition) is 3. The second-order valence-corrected chi connectivity index (χ2v) is 3.88. The molecule has 3 N–H and O–H groups in total. The fourth-order valence-corrected chi connectivity index (χ4v) is 1.87. The van der Waals surface area contributed by atoms with Crippen molar-refractivity contribution in [1.82, 2.24) is 0 Å². The van der Waals surface area contributed by atoms with Gasteiger partial charge < -0.3 is 15.6 Å². The number of ether oxygens (including phenoxy) is 1. The Kier molecular flexibility index (Phi) is 4.15. The maximum Gasteiger partial charge on any atom is 0.312 e. The molecule has 0 aliphatic carbocycles. The van der Waals surface area contributed by atoms with E-state index in [0.717, 1.165) is 5.56 Å². The number of aliphatic carboxylic acids is 1. The van der Waals surface area contributed by atoms with E-state index in [9.17, 15) is 4.79 Å². The number of carboxylic acid groups (broad SMARTS) is 1. The van der Waals surface area contributed by atoms with Crippen molar-refractivity contribution in [2.75, 3.05) is 13.7 Å². The van der Waals surface area contributed by atoms with Crippen LogP contribution >= 0.6 is 11.6 Å². The molecule has 0 bridgehead atoms. The first kappa shape index (κ1) is 12.8. The zero-order chi connectivity index (χ0) is 12.3. The van der Waals surface area contributed by atoms with E-state index in [4.69, 9.17) is 27.2 Å². The summed E-state index contributed by atoms with van der Waals surface area (Å²) in [4.78, 5) is 11.0. The number of rotatable bonds is 4. The highest BCUT2D eigenvalue weighted by Gasteiger charge is 2.22. The van der Waals surface area contributed by atoms with Gasteiger partial charge in [0, 0.05) is 11.6 Å². The summed E-state index contributed by atoms with van der Waals surface area (Å²) in [5.41, 5.74) is 6.77. The average Bonchev–Trinajstić information content (AvgIpc) is 2.21. The molecule has 0 aliphatic rings. The maximum absolute atomic E-state index is 11.0. The molecule has 88 valence electrons. The molecule has 0 spiro atoms. The van der Waals surface area contributed by atoms with Gasteiger partial charge in [-0.25, -0.2) is 0 Å². The predicted molar refractivity (Wildman–Crippen MR) is 62.2 cm³/mol. The summed E-state index contributed by atoms with van der Waals surface area (Å²) in [7, 11) is 1.53. The van der Waals surface area contributed by atoms with Crippen LogP contribution in [0, 0.1) is 6.92 Å². The summed E-state index contributed by atoms with van der Waals surface area (Å²) in [6.45, 7) is 1.84. The van der Waals surface area contributed by atoms with Crippen molar-refractivity contribution in [3.8, 4) is 5.75 Å². The maximum atomic E-state index is 11.0. The number of methoxy groups -OCH3 is 1. The van der Waals surface area contributed by atoms with Crippen molar-refractivity contribution in [2.45, 2.75) is 12.8 Å². The number of carboxylic acids is 1. The Morgan fingerprint density at radius 2 is 2.25 bits per heavy atom.